The molecular formula is C27H37N3O4S. The molecule has 3 rings (SSSR count). The number of Topliss-reactive ketones (excluding diaryl/α,β-unsaturated/α-hetero) is 1. The summed E-state index contributed by atoms with van der Waals surface area (Å²) in [5.74, 6) is -0.640. The molecule has 1 aliphatic heterocycles. The Morgan fingerprint density at radius 1 is 1.20 bits per heavy atom. The van der Waals surface area contributed by atoms with Gasteiger partial charge in [-0.3, -0.25) is 9.59 Å². The van der Waals surface area contributed by atoms with Gasteiger partial charge in [0.25, 0.3) is 5.91 Å². The van der Waals surface area contributed by atoms with E-state index in [0.717, 1.165) is 42.9 Å². The van der Waals surface area contributed by atoms with Crippen molar-refractivity contribution in [3.05, 3.63) is 56.7 Å². The number of aromatic nitrogens is 1. The van der Waals surface area contributed by atoms with Crippen LogP contribution < -0.4 is 4.74 Å². The van der Waals surface area contributed by atoms with Gasteiger partial charge in [0.2, 0.25) is 5.78 Å². The van der Waals surface area contributed by atoms with E-state index in [1.165, 1.54) is 11.3 Å². The summed E-state index contributed by atoms with van der Waals surface area (Å²) >= 11 is 1.29. The number of thiazole rings is 1. The van der Waals surface area contributed by atoms with Crippen LogP contribution >= 0.6 is 11.3 Å². The number of carbonyl (C=O) groups excluding carboxylic acids is 2. The Kier molecular flexibility index (Phi) is 9.46. The topological polar surface area (TPSA) is 83.0 Å². The molecule has 1 aromatic heterocycles. The number of ketones is 1. The van der Waals surface area contributed by atoms with Crippen LogP contribution in [0.3, 0.4) is 0 Å². The third kappa shape index (κ3) is 6.11. The summed E-state index contributed by atoms with van der Waals surface area (Å²) in [5.41, 5.74) is 1.47. The van der Waals surface area contributed by atoms with E-state index in [4.69, 9.17) is 4.74 Å². The Hall–Kier alpha value is -2.71. The fourth-order valence-electron chi connectivity index (χ4n) is 4.43. The number of carbonyl (C=O) groups is 2. The van der Waals surface area contributed by atoms with Crippen molar-refractivity contribution in [2.24, 2.45) is 0 Å². The van der Waals surface area contributed by atoms with Gasteiger partial charge in [-0.25, -0.2) is 4.98 Å². The molecule has 1 aromatic carbocycles. The van der Waals surface area contributed by atoms with Crippen molar-refractivity contribution in [1.82, 2.24) is 14.8 Å². The number of ether oxygens (including phenoxy) is 1. The van der Waals surface area contributed by atoms with Gasteiger partial charge in [0.05, 0.1) is 33.8 Å². The second-order valence-corrected chi connectivity index (χ2v) is 10.00. The van der Waals surface area contributed by atoms with Crippen LogP contribution in [0.2, 0.25) is 0 Å². The highest BCUT2D eigenvalue weighted by molar-refractivity contribution is 7.14. The minimum Gasteiger partial charge on any atom is -0.503 e. The molecule has 1 amide bonds. The molecule has 35 heavy (non-hydrogen) atoms. The van der Waals surface area contributed by atoms with E-state index in [1.807, 2.05) is 31.2 Å². The number of unbranched alkanes of at least 4 members (excludes halogenated alkanes) is 2. The molecule has 2 aromatic rings. The van der Waals surface area contributed by atoms with Gasteiger partial charge in [-0.1, -0.05) is 45.7 Å². The number of aliphatic hydroxyl groups excluding tert-OH is 1. The lowest BCUT2D eigenvalue weighted by atomic mass is 9.95. The van der Waals surface area contributed by atoms with E-state index in [1.54, 1.807) is 11.8 Å². The normalized spacial score (nSPS) is 16.0. The van der Waals surface area contributed by atoms with Gasteiger partial charge in [-0.15, -0.1) is 11.3 Å². The highest BCUT2D eigenvalue weighted by atomic mass is 32.1. The Bertz CT molecular complexity index is 1070. The molecule has 0 spiro atoms. The lowest BCUT2D eigenvalue weighted by Crippen LogP contribution is -2.38. The first-order chi connectivity index (χ1) is 16.8. The number of rotatable bonds is 13. The zero-order chi connectivity index (χ0) is 25.5. The maximum atomic E-state index is 13.7. The Labute approximate surface area is 212 Å². The Balaban J connectivity index is 1.99. The van der Waals surface area contributed by atoms with E-state index in [9.17, 15) is 14.7 Å². The molecule has 1 N–H and O–H groups in total. The molecule has 0 aliphatic carbocycles. The summed E-state index contributed by atoms with van der Waals surface area (Å²) in [4.78, 5) is 35.6. The van der Waals surface area contributed by atoms with Gasteiger partial charge in [0.1, 0.15) is 5.75 Å². The number of likely N-dealkylation sites (N-methyl/N-ethyl adjacent to an activating group) is 1. The molecule has 2 heterocycles. The zero-order valence-corrected chi connectivity index (χ0v) is 22.3. The molecule has 8 heteroatoms. The number of hydrogen-bond acceptors (Lipinski definition) is 7. The van der Waals surface area contributed by atoms with Crippen molar-refractivity contribution < 1.29 is 19.4 Å². The molecule has 0 saturated carbocycles. The standard InChI is InChI=1S/C27H37N3O4S/c1-6-9-10-16-34-21-13-11-12-20(17-21)23-22(24(31)26-18(4)28-19(5)35-26)25(32)27(33)30(23)15-14-29(7-2)8-3/h11-13,17,23,32H,6-10,14-16H2,1-5H3. The van der Waals surface area contributed by atoms with Crippen molar-refractivity contribution in [2.45, 2.75) is 59.9 Å². The number of benzene rings is 1. The largest absolute Gasteiger partial charge is 0.503 e. The number of nitrogens with zero attached hydrogens (tertiary/aromatic N) is 3. The maximum Gasteiger partial charge on any atom is 0.290 e. The fourth-order valence-corrected chi connectivity index (χ4v) is 5.31. The second kappa shape index (κ2) is 12.3. The predicted molar refractivity (Wildman–Crippen MR) is 139 cm³/mol. The first-order valence-electron chi connectivity index (χ1n) is 12.5. The van der Waals surface area contributed by atoms with Crippen LogP contribution in [-0.4, -0.2) is 64.4 Å². The van der Waals surface area contributed by atoms with E-state index in [-0.39, 0.29) is 11.4 Å². The summed E-state index contributed by atoms with van der Waals surface area (Å²) in [6.45, 7) is 13.3. The molecule has 0 bridgehead atoms. The SMILES string of the molecule is CCCCCOc1cccc(C2C(C(=O)c3sc(C)nc3C)=C(O)C(=O)N2CCN(CC)CC)c1. The fraction of sp³-hybridized carbons (Fsp3) is 0.519. The number of hydrogen-bond donors (Lipinski definition) is 1. The molecule has 0 saturated heterocycles. The van der Waals surface area contributed by atoms with E-state index in [0.29, 0.717) is 36.0 Å². The molecule has 0 fully saturated rings. The van der Waals surface area contributed by atoms with Crippen molar-refractivity contribution in [2.75, 3.05) is 32.8 Å². The predicted octanol–water partition coefficient (Wildman–Crippen LogP) is 5.25. The zero-order valence-electron chi connectivity index (χ0n) is 21.5. The third-order valence-corrected chi connectivity index (χ3v) is 7.47. The average Bonchev–Trinajstić information content (AvgIpc) is 3.32. The minimum atomic E-state index is -0.688. The molecule has 1 aliphatic rings. The molecule has 7 nitrogen and oxygen atoms in total. The van der Waals surface area contributed by atoms with Crippen LogP contribution in [0.15, 0.2) is 35.6 Å². The van der Waals surface area contributed by atoms with Crippen LogP contribution in [0.1, 0.15) is 72.0 Å². The Morgan fingerprint density at radius 3 is 2.57 bits per heavy atom. The summed E-state index contributed by atoms with van der Waals surface area (Å²) in [6, 6.07) is 6.83. The van der Waals surface area contributed by atoms with E-state index in [2.05, 4.69) is 30.7 Å². The van der Waals surface area contributed by atoms with Crippen LogP contribution in [0.5, 0.6) is 5.75 Å². The smallest absolute Gasteiger partial charge is 0.290 e. The van der Waals surface area contributed by atoms with E-state index >= 15 is 0 Å². The van der Waals surface area contributed by atoms with Crippen molar-refractivity contribution in [1.29, 1.82) is 0 Å². The molecule has 1 atom stereocenters. The number of amides is 1. The van der Waals surface area contributed by atoms with Crippen LogP contribution in [0, 0.1) is 13.8 Å². The summed E-state index contributed by atoms with van der Waals surface area (Å²) < 4.78 is 5.95. The first-order valence-corrected chi connectivity index (χ1v) is 13.3. The third-order valence-electron chi connectivity index (χ3n) is 6.40. The average molecular weight is 500 g/mol. The maximum absolute atomic E-state index is 13.7. The highest BCUT2D eigenvalue weighted by Gasteiger charge is 2.44. The van der Waals surface area contributed by atoms with Gasteiger partial charge in [-0.05, 0) is 51.1 Å². The molecular weight excluding hydrogens is 462 g/mol. The second-order valence-electron chi connectivity index (χ2n) is 8.79. The van der Waals surface area contributed by atoms with Crippen molar-refractivity contribution >= 4 is 23.0 Å². The summed E-state index contributed by atoms with van der Waals surface area (Å²) in [5, 5.41) is 11.7. The van der Waals surface area contributed by atoms with Gasteiger partial charge in [-0.2, -0.15) is 0 Å². The van der Waals surface area contributed by atoms with Crippen LogP contribution in [-0.2, 0) is 4.79 Å². The van der Waals surface area contributed by atoms with Crippen molar-refractivity contribution in [3.8, 4) is 5.75 Å². The lowest BCUT2D eigenvalue weighted by molar-refractivity contribution is -0.129. The Morgan fingerprint density at radius 2 is 1.94 bits per heavy atom. The minimum absolute atomic E-state index is 0.115. The van der Waals surface area contributed by atoms with Crippen molar-refractivity contribution in [3.63, 3.8) is 0 Å². The highest BCUT2D eigenvalue weighted by Crippen LogP contribution is 2.40. The number of aliphatic hydroxyl groups is 1. The summed E-state index contributed by atoms with van der Waals surface area (Å²) in [7, 11) is 0. The van der Waals surface area contributed by atoms with Gasteiger partial charge in [0.15, 0.2) is 5.76 Å². The first kappa shape index (κ1) is 26.9. The molecule has 0 radical (unpaired) electrons. The van der Waals surface area contributed by atoms with Gasteiger partial charge in [0, 0.05) is 13.1 Å². The quantitative estimate of drug-likeness (QED) is 0.299. The van der Waals surface area contributed by atoms with Crippen LogP contribution in [0.4, 0.5) is 0 Å². The van der Waals surface area contributed by atoms with E-state index < -0.39 is 17.7 Å². The summed E-state index contributed by atoms with van der Waals surface area (Å²) in [6.07, 6.45) is 3.17. The molecule has 190 valence electrons. The van der Waals surface area contributed by atoms with Crippen LogP contribution in [0.25, 0.3) is 0 Å². The monoisotopic (exact) mass is 499 g/mol. The van der Waals surface area contributed by atoms with Gasteiger partial charge < -0.3 is 19.6 Å². The van der Waals surface area contributed by atoms with Gasteiger partial charge >= 0.3 is 0 Å². The lowest BCUT2D eigenvalue weighted by Gasteiger charge is -2.29. The number of aryl methyl sites for hydroxylation is 2. The molecule has 1 unspecified atom stereocenters.